The average molecular weight is 182 g/mol. The molecule has 0 aliphatic rings. The maximum Gasteiger partial charge on any atom is 0.315 e. The van der Waals surface area contributed by atoms with Gasteiger partial charge < -0.3 is 5.11 Å². The molecule has 0 aromatic carbocycles. The number of nitrogens with zero attached hydrogens (tertiary/aromatic N) is 2. The molecule has 0 unspecified atom stereocenters. The molecular weight excluding hydrogens is 168 g/mol. The molecule has 0 fully saturated rings. The number of rotatable bonds is 3. The summed E-state index contributed by atoms with van der Waals surface area (Å²) in [4.78, 5) is 10.9. The van der Waals surface area contributed by atoms with Gasteiger partial charge in [-0.15, -0.1) is 0 Å². The van der Waals surface area contributed by atoms with Crippen LogP contribution in [0.1, 0.15) is 26.5 Å². The van der Waals surface area contributed by atoms with E-state index >= 15 is 0 Å². The fourth-order valence-corrected chi connectivity index (χ4v) is 0.981. The second-order valence-electron chi connectivity index (χ2n) is 3.49. The highest BCUT2D eigenvalue weighted by Crippen LogP contribution is 2.20. The molecule has 0 bridgehead atoms. The highest BCUT2D eigenvalue weighted by Gasteiger charge is 2.31. The number of carboxylic acids is 1. The maximum atomic E-state index is 10.9. The standard InChI is InChI=1S/C9H14N2O2/c1-4-11-6-5-7(10-11)9(2,3)8(12)13/h5-6H,4H2,1-3H3,(H,12,13). The van der Waals surface area contributed by atoms with Crippen LogP contribution in [-0.4, -0.2) is 20.9 Å². The molecule has 1 N–H and O–H groups in total. The molecule has 0 aliphatic carbocycles. The lowest BCUT2D eigenvalue weighted by molar-refractivity contribution is -0.142. The van der Waals surface area contributed by atoms with E-state index in [2.05, 4.69) is 5.10 Å². The minimum Gasteiger partial charge on any atom is -0.481 e. The summed E-state index contributed by atoms with van der Waals surface area (Å²) in [6.07, 6.45) is 1.79. The largest absolute Gasteiger partial charge is 0.481 e. The Morgan fingerprint density at radius 2 is 2.31 bits per heavy atom. The predicted molar refractivity (Wildman–Crippen MR) is 48.6 cm³/mol. The second kappa shape index (κ2) is 3.20. The molecule has 4 nitrogen and oxygen atoms in total. The van der Waals surface area contributed by atoms with Gasteiger partial charge in [0.25, 0.3) is 0 Å². The summed E-state index contributed by atoms with van der Waals surface area (Å²) in [6, 6.07) is 1.75. The smallest absolute Gasteiger partial charge is 0.315 e. The van der Waals surface area contributed by atoms with Crippen LogP contribution in [0.15, 0.2) is 12.3 Å². The van der Waals surface area contributed by atoms with Crippen molar-refractivity contribution in [1.29, 1.82) is 0 Å². The fourth-order valence-electron chi connectivity index (χ4n) is 0.981. The van der Waals surface area contributed by atoms with E-state index in [1.807, 2.05) is 6.92 Å². The molecule has 72 valence electrons. The Labute approximate surface area is 77.2 Å². The van der Waals surface area contributed by atoms with Gasteiger partial charge in [-0.3, -0.25) is 9.48 Å². The van der Waals surface area contributed by atoms with Crippen LogP contribution in [-0.2, 0) is 16.8 Å². The van der Waals surface area contributed by atoms with Crippen molar-refractivity contribution in [2.75, 3.05) is 0 Å². The van der Waals surface area contributed by atoms with Gasteiger partial charge in [-0.1, -0.05) is 0 Å². The van der Waals surface area contributed by atoms with E-state index in [0.29, 0.717) is 5.69 Å². The molecule has 0 aliphatic heterocycles. The van der Waals surface area contributed by atoms with Crippen LogP contribution >= 0.6 is 0 Å². The summed E-state index contributed by atoms with van der Waals surface area (Å²) < 4.78 is 1.72. The van der Waals surface area contributed by atoms with Gasteiger partial charge in [-0.25, -0.2) is 0 Å². The molecule has 1 aromatic heterocycles. The van der Waals surface area contributed by atoms with Crippen LogP contribution in [0.4, 0.5) is 0 Å². The Hall–Kier alpha value is -1.32. The van der Waals surface area contributed by atoms with Gasteiger partial charge in [0.15, 0.2) is 0 Å². The van der Waals surface area contributed by atoms with Crippen LogP contribution in [0.3, 0.4) is 0 Å². The van der Waals surface area contributed by atoms with Gasteiger partial charge in [-0.05, 0) is 26.8 Å². The van der Waals surface area contributed by atoms with Crippen LogP contribution < -0.4 is 0 Å². The lowest BCUT2D eigenvalue weighted by Gasteiger charge is -2.15. The van der Waals surface area contributed by atoms with Gasteiger partial charge in [0, 0.05) is 12.7 Å². The normalized spacial score (nSPS) is 11.6. The molecular formula is C9H14N2O2. The molecule has 1 aromatic rings. The van der Waals surface area contributed by atoms with Crippen molar-refractivity contribution in [2.45, 2.75) is 32.7 Å². The molecule has 0 amide bonds. The molecule has 0 atom stereocenters. The Bertz CT molecular complexity index is 315. The van der Waals surface area contributed by atoms with Crippen LogP contribution in [0, 0.1) is 0 Å². The van der Waals surface area contributed by atoms with Gasteiger partial charge in [-0.2, -0.15) is 5.10 Å². The molecule has 0 saturated heterocycles. The third-order valence-electron chi connectivity index (χ3n) is 2.14. The number of carbonyl (C=O) groups is 1. The quantitative estimate of drug-likeness (QED) is 0.765. The summed E-state index contributed by atoms with van der Waals surface area (Å²) in [5, 5.41) is 13.1. The Morgan fingerprint density at radius 1 is 1.69 bits per heavy atom. The highest BCUT2D eigenvalue weighted by atomic mass is 16.4. The fraction of sp³-hybridized carbons (Fsp3) is 0.556. The van der Waals surface area contributed by atoms with E-state index in [1.54, 1.807) is 30.8 Å². The van der Waals surface area contributed by atoms with E-state index in [9.17, 15) is 4.79 Å². The zero-order valence-electron chi connectivity index (χ0n) is 8.11. The van der Waals surface area contributed by atoms with E-state index in [4.69, 9.17) is 5.11 Å². The van der Waals surface area contributed by atoms with E-state index < -0.39 is 11.4 Å². The zero-order chi connectivity index (χ0) is 10.1. The lowest BCUT2D eigenvalue weighted by atomic mass is 9.90. The summed E-state index contributed by atoms with van der Waals surface area (Å²) in [6.45, 7) is 6.02. The molecule has 4 heteroatoms. The minimum atomic E-state index is -0.902. The van der Waals surface area contributed by atoms with Crippen LogP contribution in [0.5, 0.6) is 0 Å². The Morgan fingerprint density at radius 3 is 2.69 bits per heavy atom. The number of aromatic nitrogens is 2. The number of carboxylic acid groups (broad SMARTS) is 1. The zero-order valence-corrected chi connectivity index (χ0v) is 8.11. The van der Waals surface area contributed by atoms with Crippen molar-refractivity contribution in [3.8, 4) is 0 Å². The summed E-state index contributed by atoms with van der Waals surface area (Å²) in [7, 11) is 0. The van der Waals surface area contributed by atoms with Crippen molar-refractivity contribution in [3.63, 3.8) is 0 Å². The maximum absolute atomic E-state index is 10.9. The topological polar surface area (TPSA) is 55.1 Å². The molecule has 1 heterocycles. The van der Waals surface area contributed by atoms with E-state index in [1.165, 1.54) is 0 Å². The van der Waals surface area contributed by atoms with Gasteiger partial charge in [0.1, 0.15) is 5.41 Å². The second-order valence-corrected chi connectivity index (χ2v) is 3.49. The number of hydrogen-bond acceptors (Lipinski definition) is 2. The van der Waals surface area contributed by atoms with Crippen LogP contribution in [0.2, 0.25) is 0 Å². The first-order valence-electron chi connectivity index (χ1n) is 4.25. The van der Waals surface area contributed by atoms with Crippen molar-refractivity contribution >= 4 is 5.97 Å². The average Bonchev–Trinajstić information content (AvgIpc) is 2.51. The predicted octanol–water partition coefficient (Wildman–Crippen LogP) is 1.27. The summed E-state index contributed by atoms with van der Waals surface area (Å²) >= 11 is 0. The molecule has 1 rings (SSSR count). The SMILES string of the molecule is CCn1ccc(C(C)(C)C(=O)O)n1. The number of aryl methyl sites for hydroxylation is 1. The van der Waals surface area contributed by atoms with Gasteiger partial charge >= 0.3 is 5.97 Å². The van der Waals surface area contributed by atoms with Crippen molar-refractivity contribution in [1.82, 2.24) is 9.78 Å². The van der Waals surface area contributed by atoms with Crippen molar-refractivity contribution in [3.05, 3.63) is 18.0 Å². The Kier molecular flexibility index (Phi) is 2.40. The first kappa shape index (κ1) is 9.77. The van der Waals surface area contributed by atoms with E-state index in [-0.39, 0.29) is 0 Å². The summed E-state index contributed by atoms with van der Waals surface area (Å²) in [5.41, 5.74) is -0.303. The number of hydrogen-bond donors (Lipinski definition) is 1. The van der Waals surface area contributed by atoms with Crippen LogP contribution in [0.25, 0.3) is 0 Å². The molecule has 0 saturated carbocycles. The minimum absolute atomic E-state index is 0.599. The highest BCUT2D eigenvalue weighted by molar-refractivity contribution is 5.79. The third-order valence-corrected chi connectivity index (χ3v) is 2.14. The third kappa shape index (κ3) is 1.71. The van der Waals surface area contributed by atoms with Crippen molar-refractivity contribution in [2.24, 2.45) is 0 Å². The van der Waals surface area contributed by atoms with Crippen molar-refractivity contribution < 1.29 is 9.90 Å². The van der Waals surface area contributed by atoms with E-state index in [0.717, 1.165) is 6.54 Å². The molecule has 0 radical (unpaired) electrons. The number of aliphatic carboxylic acids is 1. The monoisotopic (exact) mass is 182 g/mol. The summed E-state index contributed by atoms with van der Waals surface area (Å²) in [5.74, 6) is -0.853. The molecule has 13 heavy (non-hydrogen) atoms. The van der Waals surface area contributed by atoms with Gasteiger partial charge in [0.2, 0.25) is 0 Å². The first-order valence-corrected chi connectivity index (χ1v) is 4.25. The molecule has 0 spiro atoms. The lowest BCUT2D eigenvalue weighted by Crippen LogP contribution is -2.29. The Balaban J connectivity index is 3.00. The first-order chi connectivity index (χ1) is 5.98. The van der Waals surface area contributed by atoms with Gasteiger partial charge in [0.05, 0.1) is 5.69 Å².